The van der Waals surface area contributed by atoms with E-state index in [1.165, 1.54) is 0 Å². The smallest absolute Gasteiger partial charge is 0.326 e. The van der Waals surface area contributed by atoms with E-state index in [0.717, 1.165) is 30.6 Å². The first-order valence-corrected chi connectivity index (χ1v) is 6.15. The molecule has 1 N–H and O–H groups in total. The Kier molecular flexibility index (Phi) is 5.12. The fraction of sp³-hybridized carbons (Fsp3) is 0.750. The standard InChI is InChI=1S/C12H19NO4/c1-2-3-4-5-6-9(12(16)17)13-10(14)7-8-11(13)15/h9H,2-8H2,1H3,(H,16,17). The highest BCUT2D eigenvalue weighted by molar-refractivity contribution is 6.04. The minimum atomic E-state index is -1.08. The molecule has 1 atom stereocenters. The molecule has 96 valence electrons. The molecular formula is C12H19NO4. The molecule has 0 aliphatic carbocycles. The molecule has 0 aromatic rings. The van der Waals surface area contributed by atoms with Gasteiger partial charge in [0.2, 0.25) is 11.8 Å². The van der Waals surface area contributed by atoms with Crippen LogP contribution in [0.1, 0.15) is 51.9 Å². The Hall–Kier alpha value is -1.39. The number of carbonyl (C=O) groups excluding carboxylic acids is 2. The van der Waals surface area contributed by atoms with Crippen molar-refractivity contribution in [1.29, 1.82) is 0 Å². The molecule has 1 rings (SSSR count). The van der Waals surface area contributed by atoms with Crippen LogP contribution in [-0.2, 0) is 14.4 Å². The lowest BCUT2D eigenvalue weighted by Gasteiger charge is -2.22. The first-order chi connectivity index (χ1) is 8.07. The molecule has 1 heterocycles. The lowest BCUT2D eigenvalue weighted by atomic mass is 10.1. The molecule has 0 aromatic carbocycles. The maximum absolute atomic E-state index is 11.5. The molecule has 0 radical (unpaired) electrons. The zero-order chi connectivity index (χ0) is 12.8. The molecule has 0 saturated carbocycles. The molecule has 1 unspecified atom stereocenters. The average molecular weight is 241 g/mol. The maximum Gasteiger partial charge on any atom is 0.326 e. The summed E-state index contributed by atoms with van der Waals surface area (Å²) in [6, 6.07) is -0.964. The highest BCUT2D eigenvalue weighted by Gasteiger charge is 2.38. The highest BCUT2D eigenvalue weighted by Crippen LogP contribution is 2.19. The monoisotopic (exact) mass is 241 g/mol. The van der Waals surface area contributed by atoms with Crippen molar-refractivity contribution in [3.05, 3.63) is 0 Å². The summed E-state index contributed by atoms with van der Waals surface area (Å²) in [5, 5.41) is 9.08. The van der Waals surface area contributed by atoms with Gasteiger partial charge in [0.05, 0.1) is 0 Å². The topological polar surface area (TPSA) is 74.7 Å². The van der Waals surface area contributed by atoms with Crippen LogP contribution in [0.4, 0.5) is 0 Å². The van der Waals surface area contributed by atoms with Gasteiger partial charge >= 0.3 is 5.97 Å². The van der Waals surface area contributed by atoms with Crippen molar-refractivity contribution in [3.8, 4) is 0 Å². The number of aliphatic carboxylic acids is 1. The predicted molar refractivity (Wildman–Crippen MR) is 61.3 cm³/mol. The van der Waals surface area contributed by atoms with Crippen molar-refractivity contribution < 1.29 is 19.5 Å². The van der Waals surface area contributed by atoms with Crippen LogP contribution in [-0.4, -0.2) is 33.8 Å². The second-order valence-corrected chi connectivity index (χ2v) is 4.36. The van der Waals surface area contributed by atoms with Crippen LogP contribution >= 0.6 is 0 Å². The number of carbonyl (C=O) groups is 3. The predicted octanol–water partition coefficient (Wildman–Crippen LogP) is 1.56. The van der Waals surface area contributed by atoms with Crippen LogP contribution in [0.2, 0.25) is 0 Å². The number of nitrogens with zero attached hydrogens (tertiary/aromatic N) is 1. The number of rotatable bonds is 7. The molecule has 1 saturated heterocycles. The van der Waals surface area contributed by atoms with Gasteiger partial charge in [-0.1, -0.05) is 32.6 Å². The summed E-state index contributed by atoms with van der Waals surface area (Å²) in [6.07, 6.45) is 4.47. The van der Waals surface area contributed by atoms with Gasteiger partial charge in [-0.3, -0.25) is 14.5 Å². The summed E-state index contributed by atoms with van der Waals surface area (Å²) in [5.74, 6) is -1.78. The molecule has 0 aromatic heterocycles. The summed E-state index contributed by atoms with van der Waals surface area (Å²) < 4.78 is 0. The van der Waals surface area contributed by atoms with Gasteiger partial charge in [0.15, 0.2) is 0 Å². The summed E-state index contributed by atoms with van der Waals surface area (Å²) in [7, 11) is 0. The molecule has 0 bridgehead atoms. The van der Waals surface area contributed by atoms with E-state index in [2.05, 4.69) is 6.92 Å². The van der Waals surface area contributed by atoms with Crippen molar-refractivity contribution in [3.63, 3.8) is 0 Å². The number of amides is 2. The first-order valence-electron chi connectivity index (χ1n) is 6.15. The average Bonchev–Trinajstić information content (AvgIpc) is 2.59. The van der Waals surface area contributed by atoms with Crippen molar-refractivity contribution in [2.45, 2.75) is 57.9 Å². The normalized spacial score (nSPS) is 17.6. The number of hydrogen-bond donors (Lipinski definition) is 1. The largest absolute Gasteiger partial charge is 0.480 e. The Morgan fingerprint density at radius 1 is 1.24 bits per heavy atom. The number of unbranched alkanes of at least 4 members (excludes halogenated alkanes) is 3. The summed E-state index contributed by atoms with van der Waals surface area (Å²) in [4.78, 5) is 35.0. The Morgan fingerprint density at radius 2 is 1.82 bits per heavy atom. The van der Waals surface area contributed by atoms with Crippen LogP contribution in [0.3, 0.4) is 0 Å². The van der Waals surface area contributed by atoms with Crippen molar-refractivity contribution in [2.75, 3.05) is 0 Å². The zero-order valence-electron chi connectivity index (χ0n) is 10.1. The van der Waals surface area contributed by atoms with Gasteiger partial charge in [-0.25, -0.2) is 4.79 Å². The minimum absolute atomic E-state index is 0.150. The molecule has 5 heteroatoms. The fourth-order valence-electron chi connectivity index (χ4n) is 2.07. The Labute approximate surface area is 101 Å². The van der Waals surface area contributed by atoms with Crippen LogP contribution in [0.5, 0.6) is 0 Å². The quantitative estimate of drug-likeness (QED) is 0.542. The Balaban J connectivity index is 2.56. The van der Waals surface area contributed by atoms with Gasteiger partial charge in [-0.15, -0.1) is 0 Å². The van der Waals surface area contributed by atoms with E-state index >= 15 is 0 Å². The number of hydrogen-bond acceptors (Lipinski definition) is 3. The van der Waals surface area contributed by atoms with Gasteiger partial charge in [-0.2, -0.15) is 0 Å². The van der Waals surface area contributed by atoms with E-state index in [1.807, 2.05) is 0 Å². The Bertz CT molecular complexity index is 298. The summed E-state index contributed by atoms with van der Waals surface area (Å²) in [6.45, 7) is 2.07. The number of likely N-dealkylation sites (tertiary alicyclic amines) is 1. The third-order valence-electron chi connectivity index (χ3n) is 3.02. The van der Waals surface area contributed by atoms with Gasteiger partial charge < -0.3 is 5.11 Å². The third kappa shape index (κ3) is 3.54. The second-order valence-electron chi connectivity index (χ2n) is 4.36. The molecule has 1 aliphatic rings. The zero-order valence-corrected chi connectivity index (χ0v) is 10.1. The second kappa shape index (κ2) is 6.37. The van der Waals surface area contributed by atoms with Crippen molar-refractivity contribution in [1.82, 2.24) is 4.90 Å². The van der Waals surface area contributed by atoms with E-state index in [1.54, 1.807) is 0 Å². The fourth-order valence-corrected chi connectivity index (χ4v) is 2.07. The van der Waals surface area contributed by atoms with Crippen molar-refractivity contribution >= 4 is 17.8 Å². The van der Waals surface area contributed by atoms with Gasteiger partial charge in [-0.05, 0) is 6.42 Å². The van der Waals surface area contributed by atoms with Crippen molar-refractivity contribution in [2.24, 2.45) is 0 Å². The van der Waals surface area contributed by atoms with E-state index in [-0.39, 0.29) is 24.7 Å². The molecule has 2 amide bonds. The lowest BCUT2D eigenvalue weighted by molar-refractivity contribution is -0.154. The van der Waals surface area contributed by atoms with E-state index < -0.39 is 12.0 Å². The van der Waals surface area contributed by atoms with Crippen LogP contribution in [0.25, 0.3) is 0 Å². The number of imide groups is 1. The van der Waals surface area contributed by atoms with Crippen LogP contribution in [0.15, 0.2) is 0 Å². The van der Waals surface area contributed by atoms with Gasteiger partial charge in [0.1, 0.15) is 6.04 Å². The van der Waals surface area contributed by atoms with Crippen LogP contribution in [0, 0.1) is 0 Å². The summed E-state index contributed by atoms with van der Waals surface area (Å²) >= 11 is 0. The van der Waals surface area contributed by atoms with E-state index in [0.29, 0.717) is 6.42 Å². The van der Waals surface area contributed by atoms with Gasteiger partial charge in [0, 0.05) is 12.8 Å². The third-order valence-corrected chi connectivity index (χ3v) is 3.02. The lowest BCUT2D eigenvalue weighted by Crippen LogP contribution is -2.44. The highest BCUT2D eigenvalue weighted by atomic mass is 16.4. The Morgan fingerprint density at radius 3 is 2.29 bits per heavy atom. The molecule has 1 aliphatic heterocycles. The SMILES string of the molecule is CCCCCCC(C(=O)O)N1C(=O)CCC1=O. The van der Waals surface area contributed by atoms with Gasteiger partial charge in [0.25, 0.3) is 0 Å². The molecule has 17 heavy (non-hydrogen) atoms. The maximum atomic E-state index is 11.5. The molecule has 5 nitrogen and oxygen atoms in total. The molecule has 0 spiro atoms. The summed E-state index contributed by atoms with van der Waals surface area (Å²) in [5.41, 5.74) is 0. The number of carboxylic acids is 1. The molecular weight excluding hydrogens is 222 g/mol. The first kappa shape index (κ1) is 13.7. The van der Waals surface area contributed by atoms with Crippen LogP contribution < -0.4 is 0 Å². The number of carboxylic acid groups (broad SMARTS) is 1. The van der Waals surface area contributed by atoms with E-state index in [9.17, 15) is 14.4 Å². The molecule has 1 fully saturated rings. The minimum Gasteiger partial charge on any atom is -0.480 e. The van der Waals surface area contributed by atoms with E-state index in [4.69, 9.17) is 5.11 Å².